The van der Waals surface area contributed by atoms with Crippen LogP contribution in [0.25, 0.3) is 0 Å². The van der Waals surface area contributed by atoms with E-state index in [2.05, 4.69) is 26.1 Å². The fraction of sp³-hybridized carbons (Fsp3) is 1.00. The zero-order valence-electron chi connectivity index (χ0n) is 14.4. The minimum atomic E-state index is -0.368. The highest BCUT2D eigenvalue weighted by Crippen LogP contribution is 2.29. The Bertz CT molecular complexity index is 247. The lowest BCUT2D eigenvalue weighted by Gasteiger charge is -2.18. The molecule has 0 amide bonds. The first-order valence-corrected chi connectivity index (χ1v) is 9.12. The van der Waals surface area contributed by atoms with Gasteiger partial charge in [0.05, 0.1) is 12.7 Å². The van der Waals surface area contributed by atoms with Gasteiger partial charge in [-0.2, -0.15) is 0 Å². The van der Waals surface area contributed by atoms with Crippen LogP contribution in [0, 0.1) is 17.8 Å². The third-order valence-electron chi connectivity index (χ3n) is 4.82. The molecule has 0 aliphatic heterocycles. The molecule has 126 valence electrons. The number of aliphatic hydroxyl groups is 1. The summed E-state index contributed by atoms with van der Waals surface area (Å²) in [6.07, 6.45) is 8.65. The third kappa shape index (κ3) is 8.80. The van der Waals surface area contributed by atoms with Crippen LogP contribution in [0.4, 0.5) is 0 Å². The van der Waals surface area contributed by atoms with Crippen LogP contribution in [0.3, 0.4) is 0 Å². The van der Waals surface area contributed by atoms with E-state index in [-0.39, 0.29) is 6.10 Å². The molecule has 2 N–H and O–H groups in total. The van der Waals surface area contributed by atoms with E-state index in [9.17, 15) is 5.11 Å². The van der Waals surface area contributed by atoms with Crippen molar-refractivity contribution in [3.05, 3.63) is 0 Å². The molecule has 0 heterocycles. The zero-order chi connectivity index (χ0) is 15.5. The summed E-state index contributed by atoms with van der Waals surface area (Å²) in [5.74, 6) is 2.36. The second kappa shape index (κ2) is 11.4. The lowest BCUT2D eigenvalue weighted by atomic mass is 10.0. The summed E-state index contributed by atoms with van der Waals surface area (Å²) >= 11 is 0. The predicted molar refractivity (Wildman–Crippen MR) is 89.5 cm³/mol. The van der Waals surface area contributed by atoms with Crippen molar-refractivity contribution in [1.29, 1.82) is 0 Å². The molecule has 3 heteroatoms. The predicted octanol–water partition coefficient (Wildman–Crippen LogP) is 3.61. The molecule has 4 unspecified atom stereocenters. The minimum Gasteiger partial charge on any atom is -0.389 e. The molecular formula is C18H37NO2. The van der Waals surface area contributed by atoms with Crippen molar-refractivity contribution >= 4 is 0 Å². The lowest BCUT2D eigenvalue weighted by molar-refractivity contribution is 0.0191. The first-order chi connectivity index (χ1) is 10.2. The number of nitrogens with one attached hydrogen (secondary N) is 1. The summed E-state index contributed by atoms with van der Waals surface area (Å²) in [5, 5.41) is 13.4. The molecule has 0 saturated heterocycles. The average molecular weight is 299 g/mol. The molecular weight excluding hydrogens is 262 g/mol. The molecule has 0 radical (unpaired) electrons. The van der Waals surface area contributed by atoms with Gasteiger partial charge in [-0.3, -0.25) is 0 Å². The number of ether oxygens (including phenoxy) is 1. The summed E-state index contributed by atoms with van der Waals surface area (Å²) in [6.45, 7) is 9.78. The van der Waals surface area contributed by atoms with Crippen LogP contribution in [0.2, 0.25) is 0 Å². The molecule has 0 spiro atoms. The number of hydrogen-bond acceptors (Lipinski definition) is 3. The average Bonchev–Trinajstić information content (AvgIpc) is 2.88. The topological polar surface area (TPSA) is 41.5 Å². The van der Waals surface area contributed by atoms with E-state index < -0.39 is 0 Å². The van der Waals surface area contributed by atoms with Crippen LogP contribution in [0.15, 0.2) is 0 Å². The van der Waals surface area contributed by atoms with Crippen molar-refractivity contribution in [2.45, 2.75) is 71.8 Å². The van der Waals surface area contributed by atoms with Crippen molar-refractivity contribution < 1.29 is 9.84 Å². The molecule has 1 saturated carbocycles. The highest BCUT2D eigenvalue weighted by atomic mass is 16.5. The smallest absolute Gasteiger partial charge is 0.0897 e. The fourth-order valence-corrected chi connectivity index (χ4v) is 3.29. The first kappa shape index (κ1) is 18.9. The molecule has 0 aromatic carbocycles. The first-order valence-electron chi connectivity index (χ1n) is 9.12. The largest absolute Gasteiger partial charge is 0.389 e. The SMILES string of the molecule is CCCCC(CC)COCC(O)CNCC1CCC(C)C1. The van der Waals surface area contributed by atoms with Crippen molar-refractivity contribution in [3.63, 3.8) is 0 Å². The van der Waals surface area contributed by atoms with Gasteiger partial charge in [0.1, 0.15) is 0 Å². The van der Waals surface area contributed by atoms with Crippen LogP contribution >= 0.6 is 0 Å². The van der Waals surface area contributed by atoms with Gasteiger partial charge < -0.3 is 15.2 Å². The Hall–Kier alpha value is -0.120. The van der Waals surface area contributed by atoms with Gasteiger partial charge in [0.2, 0.25) is 0 Å². The number of aliphatic hydroxyl groups excluding tert-OH is 1. The monoisotopic (exact) mass is 299 g/mol. The maximum Gasteiger partial charge on any atom is 0.0897 e. The maximum atomic E-state index is 9.95. The van der Waals surface area contributed by atoms with E-state index in [1.807, 2.05) is 0 Å². The number of hydrogen-bond donors (Lipinski definition) is 2. The quantitative estimate of drug-likeness (QED) is 0.578. The van der Waals surface area contributed by atoms with E-state index in [0.717, 1.165) is 25.0 Å². The Morgan fingerprint density at radius 2 is 2.05 bits per heavy atom. The van der Waals surface area contributed by atoms with Gasteiger partial charge in [-0.05, 0) is 43.6 Å². The van der Waals surface area contributed by atoms with Crippen molar-refractivity contribution in [3.8, 4) is 0 Å². The molecule has 0 aromatic rings. The molecule has 0 bridgehead atoms. The summed E-state index contributed by atoms with van der Waals surface area (Å²) in [5.41, 5.74) is 0. The van der Waals surface area contributed by atoms with Crippen LogP contribution in [-0.4, -0.2) is 37.5 Å². The second-order valence-corrected chi connectivity index (χ2v) is 7.05. The summed E-state index contributed by atoms with van der Waals surface area (Å²) in [7, 11) is 0. The summed E-state index contributed by atoms with van der Waals surface area (Å²) in [6, 6.07) is 0. The number of rotatable bonds is 12. The molecule has 3 nitrogen and oxygen atoms in total. The van der Waals surface area contributed by atoms with E-state index in [1.165, 1.54) is 44.9 Å². The van der Waals surface area contributed by atoms with E-state index in [4.69, 9.17) is 4.74 Å². The van der Waals surface area contributed by atoms with Crippen molar-refractivity contribution in [2.75, 3.05) is 26.3 Å². The van der Waals surface area contributed by atoms with Gasteiger partial charge in [0.25, 0.3) is 0 Å². The van der Waals surface area contributed by atoms with Crippen LogP contribution in [-0.2, 0) is 4.74 Å². The van der Waals surface area contributed by atoms with Crippen LogP contribution in [0.1, 0.15) is 65.7 Å². The van der Waals surface area contributed by atoms with Gasteiger partial charge in [0.15, 0.2) is 0 Å². The van der Waals surface area contributed by atoms with Crippen LogP contribution in [0.5, 0.6) is 0 Å². The molecule has 4 atom stereocenters. The van der Waals surface area contributed by atoms with Gasteiger partial charge >= 0.3 is 0 Å². The van der Waals surface area contributed by atoms with E-state index in [1.54, 1.807) is 0 Å². The summed E-state index contributed by atoms with van der Waals surface area (Å²) < 4.78 is 5.70. The zero-order valence-corrected chi connectivity index (χ0v) is 14.4. The molecule has 1 fully saturated rings. The Kier molecular flexibility index (Phi) is 10.3. The molecule has 0 aromatic heterocycles. The minimum absolute atomic E-state index is 0.368. The van der Waals surface area contributed by atoms with Crippen molar-refractivity contribution in [1.82, 2.24) is 5.32 Å². The van der Waals surface area contributed by atoms with Crippen molar-refractivity contribution in [2.24, 2.45) is 17.8 Å². The lowest BCUT2D eigenvalue weighted by Crippen LogP contribution is -2.33. The second-order valence-electron chi connectivity index (χ2n) is 7.05. The van der Waals surface area contributed by atoms with Gasteiger partial charge in [-0.1, -0.05) is 46.5 Å². The highest BCUT2D eigenvalue weighted by Gasteiger charge is 2.20. The Balaban J connectivity index is 1.98. The normalized spacial score (nSPS) is 25.1. The Labute approximate surface area is 131 Å². The summed E-state index contributed by atoms with van der Waals surface area (Å²) in [4.78, 5) is 0. The van der Waals surface area contributed by atoms with E-state index >= 15 is 0 Å². The fourth-order valence-electron chi connectivity index (χ4n) is 3.29. The standard InChI is InChI=1S/C18H37NO2/c1-4-6-7-16(5-2)13-21-14-18(20)12-19-11-17-9-8-15(3)10-17/h15-20H,4-14H2,1-3H3. The highest BCUT2D eigenvalue weighted by molar-refractivity contribution is 4.75. The molecule has 21 heavy (non-hydrogen) atoms. The van der Waals surface area contributed by atoms with Gasteiger partial charge in [-0.15, -0.1) is 0 Å². The Morgan fingerprint density at radius 1 is 1.24 bits per heavy atom. The van der Waals surface area contributed by atoms with Gasteiger partial charge in [-0.25, -0.2) is 0 Å². The maximum absolute atomic E-state index is 9.95. The number of unbranched alkanes of at least 4 members (excludes halogenated alkanes) is 1. The third-order valence-corrected chi connectivity index (χ3v) is 4.82. The molecule has 1 aliphatic carbocycles. The van der Waals surface area contributed by atoms with Crippen LogP contribution < -0.4 is 5.32 Å². The molecule has 1 aliphatic rings. The Morgan fingerprint density at radius 3 is 2.67 bits per heavy atom. The van der Waals surface area contributed by atoms with Gasteiger partial charge in [0, 0.05) is 13.2 Å². The van der Waals surface area contributed by atoms with E-state index in [0.29, 0.717) is 19.1 Å². The molecule has 1 rings (SSSR count).